The van der Waals surface area contributed by atoms with Crippen molar-refractivity contribution in [2.45, 2.75) is 50.9 Å². The molecular formula is C21H28N4O4. The lowest BCUT2D eigenvalue weighted by Crippen LogP contribution is -2.52. The number of ether oxygens (including phenoxy) is 1. The van der Waals surface area contributed by atoms with Crippen LogP contribution in [0.3, 0.4) is 0 Å². The van der Waals surface area contributed by atoms with Gasteiger partial charge < -0.3 is 20.3 Å². The molecule has 2 unspecified atom stereocenters. The van der Waals surface area contributed by atoms with Crippen LogP contribution in [0.1, 0.15) is 47.2 Å². The molecule has 3 aliphatic heterocycles. The van der Waals surface area contributed by atoms with Crippen molar-refractivity contribution in [3.05, 3.63) is 34.9 Å². The number of hydrogen-bond acceptors (Lipinski definition) is 6. The van der Waals surface area contributed by atoms with Gasteiger partial charge in [-0.2, -0.15) is 0 Å². The van der Waals surface area contributed by atoms with Gasteiger partial charge in [-0.1, -0.05) is 12.1 Å². The molecular weight excluding hydrogens is 372 g/mol. The third-order valence-electron chi connectivity index (χ3n) is 5.79. The van der Waals surface area contributed by atoms with Crippen LogP contribution in [0.15, 0.2) is 18.2 Å². The van der Waals surface area contributed by atoms with Crippen molar-refractivity contribution in [1.29, 1.82) is 0 Å². The van der Waals surface area contributed by atoms with Crippen molar-refractivity contribution in [3.8, 4) is 0 Å². The highest BCUT2D eigenvalue weighted by molar-refractivity contribution is 6.05. The molecule has 3 heterocycles. The fourth-order valence-electron chi connectivity index (χ4n) is 4.16. The molecule has 3 aliphatic rings. The number of fused-ring (bicyclic) bond motifs is 1. The minimum absolute atomic E-state index is 0.130. The first kappa shape index (κ1) is 20.0. The van der Waals surface area contributed by atoms with Gasteiger partial charge in [0.05, 0.1) is 6.10 Å². The van der Waals surface area contributed by atoms with E-state index in [0.29, 0.717) is 25.1 Å². The first-order valence-corrected chi connectivity index (χ1v) is 10.4. The second-order valence-electron chi connectivity index (χ2n) is 7.91. The van der Waals surface area contributed by atoms with Crippen molar-refractivity contribution in [3.63, 3.8) is 0 Å². The van der Waals surface area contributed by atoms with Crippen LogP contribution in [-0.4, -0.2) is 61.0 Å². The summed E-state index contributed by atoms with van der Waals surface area (Å²) >= 11 is 0. The lowest BCUT2D eigenvalue weighted by atomic mass is 10.0. The van der Waals surface area contributed by atoms with E-state index in [1.165, 1.54) is 0 Å². The number of carbonyl (C=O) groups excluding carboxylic acids is 3. The van der Waals surface area contributed by atoms with Gasteiger partial charge in [0.25, 0.3) is 5.91 Å². The molecule has 2 saturated heterocycles. The van der Waals surface area contributed by atoms with E-state index in [2.05, 4.69) is 16.0 Å². The Morgan fingerprint density at radius 1 is 1.24 bits per heavy atom. The average Bonchev–Trinajstić information content (AvgIpc) is 2.87. The third-order valence-corrected chi connectivity index (χ3v) is 5.79. The SMILES string of the molecule is O=C1CCC(N2Cc3ccc(CNCCC4CNCCCO4)cc3C2=O)C(=O)N1. The fourth-order valence-corrected chi connectivity index (χ4v) is 4.16. The predicted molar refractivity (Wildman–Crippen MR) is 106 cm³/mol. The Balaban J connectivity index is 1.31. The van der Waals surface area contributed by atoms with E-state index in [-0.39, 0.29) is 30.2 Å². The number of piperidine rings is 1. The maximum absolute atomic E-state index is 12.9. The van der Waals surface area contributed by atoms with Crippen LogP contribution in [0.25, 0.3) is 0 Å². The molecule has 0 radical (unpaired) electrons. The molecule has 2 atom stereocenters. The molecule has 0 bridgehead atoms. The standard InChI is InChI=1S/C21H28N4O4/c26-19-5-4-18(20(27)24-19)25-13-15-3-2-14(10-17(15)21(25)28)11-23-8-6-16-12-22-7-1-9-29-16/h2-3,10,16,18,22-23H,1,4-9,11-13H2,(H,24,26,27). The smallest absolute Gasteiger partial charge is 0.255 e. The molecule has 4 rings (SSSR count). The summed E-state index contributed by atoms with van der Waals surface area (Å²) < 4.78 is 5.81. The number of amides is 3. The van der Waals surface area contributed by atoms with Crippen LogP contribution >= 0.6 is 0 Å². The van der Waals surface area contributed by atoms with E-state index in [0.717, 1.165) is 50.2 Å². The molecule has 29 heavy (non-hydrogen) atoms. The topological polar surface area (TPSA) is 99.8 Å². The highest BCUT2D eigenvalue weighted by Gasteiger charge is 2.39. The van der Waals surface area contributed by atoms with Gasteiger partial charge in [0.2, 0.25) is 11.8 Å². The predicted octanol–water partition coefficient (Wildman–Crippen LogP) is 0.306. The van der Waals surface area contributed by atoms with E-state index in [4.69, 9.17) is 4.74 Å². The van der Waals surface area contributed by atoms with E-state index in [9.17, 15) is 14.4 Å². The molecule has 0 aliphatic carbocycles. The molecule has 1 aromatic rings. The normalized spacial score (nSPS) is 25.0. The number of imide groups is 1. The molecule has 3 N–H and O–H groups in total. The van der Waals surface area contributed by atoms with E-state index < -0.39 is 6.04 Å². The maximum Gasteiger partial charge on any atom is 0.255 e. The highest BCUT2D eigenvalue weighted by atomic mass is 16.5. The van der Waals surface area contributed by atoms with Gasteiger partial charge in [-0.25, -0.2) is 0 Å². The Kier molecular flexibility index (Phi) is 6.22. The highest BCUT2D eigenvalue weighted by Crippen LogP contribution is 2.28. The quantitative estimate of drug-likeness (QED) is 0.469. The van der Waals surface area contributed by atoms with Gasteiger partial charge in [0.15, 0.2) is 0 Å². The van der Waals surface area contributed by atoms with Crippen LogP contribution in [0.5, 0.6) is 0 Å². The van der Waals surface area contributed by atoms with E-state index >= 15 is 0 Å². The Hall–Kier alpha value is -2.29. The number of carbonyl (C=O) groups is 3. The zero-order chi connectivity index (χ0) is 20.2. The van der Waals surface area contributed by atoms with Crippen LogP contribution < -0.4 is 16.0 Å². The Morgan fingerprint density at radius 2 is 2.14 bits per heavy atom. The van der Waals surface area contributed by atoms with Gasteiger partial charge in [-0.15, -0.1) is 0 Å². The first-order chi connectivity index (χ1) is 14.1. The summed E-state index contributed by atoms with van der Waals surface area (Å²) in [7, 11) is 0. The van der Waals surface area contributed by atoms with Gasteiger partial charge in [0, 0.05) is 38.2 Å². The van der Waals surface area contributed by atoms with Crippen molar-refractivity contribution >= 4 is 17.7 Å². The minimum atomic E-state index is -0.567. The first-order valence-electron chi connectivity index (χ1n) is 10.4. The molecule has 0 aromatic heterocycles. The monoisotopic (exact) mass is 400 g/mol. The average molecular weight is 400 g/mol. The lowest BCUT2D eigenvalue weighted by molar-refractivity contribution is -0.136. The molecule has 0 saturated carbocycles. The number of rotatable bonds is 6. The lowest BCUT2D eigenvalue weighted by Gasteiger charge is -2.29. The number of benzene rings is 1. The largest absolute Gasteiger partial charge is 0.377 e. The summed E-state index contributed by atoms with van der Waals surface area (Å²) in [5, 5.41) is 9.15. The van der Waals surface area contributed by atoms with Crippen molar-refractivity contribution in [2.75, 3.05) is 26.2 Å². The number of nitrogens with zero attached hydrogens (tertiary/aromatic N) is 1. The maximum atomic E-state index is 12.9. The van der Waals surface area contributed by atoms with Crippen molar-refractivity contribution < 1.29 is 19.1 Å². The Labute approximate surface area is 170 Å². The van der Waals surface area contributed by atoms with Gasteiger partial charge in [0.1, 0.15) is 6.04 Å². The fraction of sp³-hybridized carbons (Fsp3) is 0.571. The van der Waals surface area contributed by atoms with Crippen LogP contribution in [0.4, 0.5) is 0 Å². The van der Waals surface area contributed by atoms with Gasteiger partial charge >= 0.3 is 0 Å². The summed E-state index contributed by atoms with van der Waals surface area (Å²) in [4.78, 5) is 37.9. The molecule has 2 fully saturated rings. The van der Waals surface area contributed by atoms with Crippen LogP contribution in [0.2, 0.25) is 0 Å². The van der Waals surface area contributed by atoms with Crippen LogP contribution in [-0.2, 0) is 27.4 Å². The number of nitrogens with one attached hydrogen (secondary N) is 3. The molecule has 1 aromatic carbocycles. The zero-order valence-corrected chi connectivity index (χ0v) is 16.5. The zero-order valence-electron chi connectivity index (χ0n) is 16.5. The molecule has 156 valence electrons. The molecule has 3 amide bonds. The second-order valence-corrected chi connectivity index (χ2v) is 7.91. The molecule has 8 nitrogen and oxygen atoms in total. The summed E-state index contributed by atoms with van der Waals surface area (Å²) in [5.74, 6) is -0.775. The summed E-state index contributed by atoms with van der Waals surface area (Å²) in [6.07, 6.45) is 2.90. The van der Waals surface area contributed by atoms with E-state index in [1.807, 2.05) is 18.2 Å². The molecule has 8 heteroatoms. The van der Waals surface area contributed by atoms with Crippen molar-refractivity contribution in [2.24, 2.45) is 0 Å². The Bertz CT molecular complexity index is 789. The van der Waals surface area contributed by atoms with Gasteiger partial charge in [-0.3, -0.25) is 19.7 Å². The summed E-state index contributed by atoms with van der Waals surface area (Å²) in [6.45, 7) is 4.67. The number of hydrogen-bond donors (Lipinski definition) is 3. The van der Waals surface area contributed by atoms with Crippen LogP contribution in [0, 0.1) is 0 Å². The molecule has 0 spiro atoms. The van der Waals surface area contributed by atoms with E-state index in [1.54, 1.807) is 4.90 Å². The Morgan fingerprint density at radius 3 is 3.00 bits per heavy atom. The minimum Gasteiger partial charge on any atom is -0.377 e. The van der Waals surface area contributed by atoms with Gasteiger partial charge in [-0.05, 0) is 49.5 Å². The summed E-state index contributed by atoms with van der Waals surface area (Å²) in [6, 6.07) is 5.34. The van der Waals surface area contributed by atoms with Crippen molar-refractivity contribution in [1.82, 2.24) is 20.9 Å². The summed E-state index contributed by atoms with van der Waals surface area (Å²) in [5.41, 5.74) is 2.63. The third kappa shape index (κ3) is 4.66. The second kappa shape index (κ2) is 9.02.